The van der Waals surface area contributed by atoms with Crippen LogP contribution in [0.4, 0.5) is 0 Å². The van der Waals surface area contributed by atoms with Crippen LogP contribution in [0.1, 0.15) is 23.8 Å². The molecule has 8 nitrogen and oxygen atoms in total. The minimum Gasteiger partial charge on any atom is -0.330 e. The molecule has 1 amide bonds. The SMILES string of the molecule is CCCN1CCN(C(=O)c2c[nH]c(=O)cn2)[C@H]2CS(=O)(=O)C[C@H]21. The Balaban J connectivity index is 1.87. The first-order valence-corrected chi connectivity index (χ1v) is 9.53. The number of nitrogens with zero attached hydrogens (tertiary/aromatic N) is 3. The molecule has 23 heavy (non-hydrogen) atoms. The summed E-state index contributed by atoms with van der Waals surface area (Å²) in [7, 11) is -3.15. The summed E-state index contributed by atoms with van der Waals surface area (Å²) in [5, 5.41) is 0. The molecule has 0 radical (unpaired) electrons. The van der Waals surface area contributed by atoms with Gasteiger partial charge < -0.3 is 9.88 Å². The lowest BCUT2D eigenvalue weighted by atomic mass is 10.0. The zero-order valence-corrected chi connectivity index (χ0v) is 13.8. The van der Waals surface area contributed by atoms with Gasteiger partial charge in [0.15, 0.2) is 9.84 Å². The Kier molecular flexibility index (Phi) is 4.24. The van der Waals surface area contributed by atoms with Crippen molar-refractivity contribution in [3.05, 3.63) is 28.4 Å². The van der Waals surface area contributed by atoms with E-state index in [9.17, 15) is 18.0 Å². The number of carbonyl (C=O) groups excluding carboxylic acids is 1. The molecule has 9 heteroatoms. The highest BCUT2D eigenvalue weighted by Gasteiger charge is 2.47. The lowest BCUT2D eigenvalue weighted by molar-refractivity contribution is 0.0328. The van der Waals surface area contributed by atoms with Gasteiger partial charge in [0.05, 0.1) is 23.7 Å². The van der Waals surface area contributed by atoms with Gasteiger partial charge in [-0.1, -0.05) is 6.92 Å². The fraction of sp³-hybridized carbons (Fsp3) is 0.643. The summed E-state index contributed by atoms with van der Waals surface area (Å²) in [5.74, 6) is -0.238. The molecule has 1 N–H and O–H groups in total. The van der Waals surface area contributed by atoms with Gasteiger partial charge in [-0.05, 0) is 13.0 Å². The number of H-pyrrole nitrogens is 1. The number of rotatable bonds is 3. The smallest absolute Gasteiger partial charge is 0.274 e. The maximum atomic E-state index is 12.7. The minimum absolute atomic E-state index is 0.00697. The third-order valence-corrected chi connectivity index (χ3v) is 6.15. The molecule has 0 unspecified atom stereocenters. The third-order valence-electron chi connectivity index (χ3n) is 4.45. The van der Waals surface area contributed by atoms with Crippen LogP contribution >= 0.6 is 0 Å². The number of piperazine rings is 1. The van der Waals surface area contributed by atoms with Crippen molar-refractivity contribution in [1.82, 2.24) is 19.8 Å². The molecule has 1 aromatic heterocycles. The van der Waals surface area contributed by atoms with Crippen LogP contribution in [-0.4, -0.2) is 77.3 Å². The van der Waals surface area contributed by atoms with Gasteiger partial charge in [0.25, 0.3) is 11.5 Å². The van der Waals surface area contributed by atoms with E-state index in [-0.39, 0.29) is 40.7 Å². The lowest BCUT2D eigenvalue weighted by Crippen LogP contribution is -2.60. The number of nitrogens with one attached hydrogen (secondary N) is 1. The predicted octanol–water partition coefficient (Wildman–Crippen LogP) is -0.897. The fourth-order valence-electron chi connectivity index (χ4n) is 3.45. The van der Waals surface area contributed by atoms with Gasteiger partial charge in [-0.3, -0.25) is 14.5 Å². The number of sulfone groups is 1. The summed E-state index contributed by atoms with van der Waals surface area (Å²) in [6.07, 6.45) is 3.28. The van der Waals surface area contributed by atoms with Crippen LogP contribution in [-0.2, 0) is 9.84 Å². The number of hydrogen-bond acceptors (Lipinski definition) is 6. The first kappa shape index (κ1) is 16.1. The first-order valence-electron chi connectivity index (χ1n) is 7.71. The molecular formula is C14H20N4O4S. The van der Waals surface area contributed by atoms with Crippen molar-refractivity contribution < 1.29 is 13.2 Å². The normalized spacial score (nSPS) is 26.9. The second-order valence-electron chi connectivity index (χ2n) is 6.04. The Hall–Kier alpha value is -1.74. The summed E-state index contributed by atoms with van der Waals surface area (Å²) >= 11 is 0. The van der Waals surface area contributed by atoms with Crippen molar-refractivity contribution in [2.24, 2.45) is 0 Å². The molecule has 3 heterocycles. The van der Waals surface area contributed by atoms with E-state index >= 15 is 0 Å². The molecule has 2 aliphatic rings. The van der Waals surface area contributed by atoms with E-state index in [0.717, 1.165) is 19.2 Å². The molecule has 2 saturated heterocycles. The van der Waals surface area contributed by atoms with Gasteiger partial charge in [0.2, 0.25) is 0 Å². The van der Waals surface area contributed by atoms with Gasteiger partial charge >= 0.3 is 0 Å². The Labute approximate surface area is 134 Å². The molecule has 0 aromatic carbocycles. The number of aromatic nitrogens is 2. The highest BCUT2D eigenvalue weighted by atomic mass is 32.2. The summed E-state index contributed by atoms with van der Waals surface area (Å²) in [6.45, 7) is 4.01. The summed E-state index contributed by atoms with van der Waals surface area (Å²) in [6, 6.07) is -0.498. The van der Waals surface area contributed by atoms with Crippen molar-refractivity contribution in [1.29, 1.82) is 0 Å². The average Bonchev–Trinajstić information content (AvgIpc) is 2.83. The zero-order chi connectivity index (χ0) is 16.6. The molecule has 0 aliphatic carbocycles. The second kappa shape index (κ2) is 6.04. The number of amides is 1. The lowest BCUT2D eigenvalue weighted by Gasteiger charge is -2.43. The van der Waals surface area contributed by atoms with Crippen LogP contribution in [0.5, 0.6) is 0 Å². The maximum Gasteiger partial charge on any atom is 0.274 e. The average molecular weight is 340 g/mol. The van der Waals surface area contributed by atoms with E-state index in [0.29, 0.717) is 13.1 Å². The molecule has 2 aliphatic heterocycles. The molecule has 1 aromatic rings. The minimum atomic E-state index is -3.15. The van der Waals surface area contributed by atoms with Crippen molar-refractivity contribution in [2.45, 2.75) is 25.4 Å². The highest BCUT2D eigenvalue weighted by molar-refractivity contribution is 7.91. The second-order valence-corrected chi connectivity index (χ2v) is 8.20. The summed E-state index contributed by atoms with van der Waals surface area (Å²) < 4.78 is 24.1. The van der Waals surface area contributed by atoms with Crippen LogP contribution in [0.25, 0.3) is 0 Å². The van der Waals surface area contributed by atoms with Crippen molar-refractivity contribution in [2.75, 3.05) is 31.1 Å². The van der Waals surface area contributed by atoms with E-state index in [2.05, 4.69) is 21.8 Å². The Morgan fingerprint density at radius 3 is 2.74 bits per heavy atom. The molecule has 126 valence electrons. The Morgan fingerprint density at radius 2 is 2.09 bits per heavy atom. The van der Waals surface area contributed by atoms with Gasteiger partial charge in [0, 0.05) is 25.3 Å². The summed E-state index contributed by atoms with van der Waals surface area (Å²) in [4.78, 5) is 33.8. The zero-order valence-electron chi connectivity index (χ0n) is 12.9. The van der Waals surface area contributed by atoms with Crippen LogP contribution in [0, 0.1) is 0 Å². The first-order chi connectivity index (χ1) is 10.9. The van der Waals surface area contributed by atoms with Gasteiger partial charge in [-0.2, -0.15) is 0 Å². The Morgan fingerprint density at radius 1 is 1.35 bits per heavy atom. The van der Waals surface area contributed by atoms with Crippen LogP contribution in [0.3, 0.4) is 0 Å². The molecular weight excluding hydrogens is 320 g/mol. The summed E-state index contributed by atoms with van der Waals surface area (Å²) in [5.41, 5.74) is -0.243. The molecule has 0 bridgehead atoms. The number of hydrogen-bond donors (Lipinski definition) is 1. The van der Waals surface area contributed by atoms with Crippen molar-refractivity contribution in [3.63, 3.8) is 0 Å². The topological polar surface area (TPSA) is 103 Å². The van der Waals surface area contributed by atoms with E-state index in [4.69, 9.17) is 0 Å². The van der Waals surface area contributed by atoms with E-state index in [1.165, 1.54) is 6.20 Å². The molecule has 2 fully saturated rings. The molecule has 3 rings (SSSR count). The number of fused-ring (bicyclic) bond motifs is 1. The largest absolute Gasteiger partial charge is 0.330 e. The number of carbonyl (C=O) groups is 1. The van der Waals surface area contributed by atoms with Crippen LogP contribution in [0.15, 0.2) is 17.2 Å². The molecule has 0 saturated carbocycles. The van der Waals surface area contributed by atoms with E-state index in [1.54, 1.807) is 4.90 Å². The standard InChI is InChI=1S/C14H20N4O4S/c1-2-3-17-4-5-18(12-9-23(21,22)8-11(12)17)14(20)10-6-16-13(19)7-15-10/h6-7,11-12H,2-5,8-9H2,1H3,(H,16,19)/t11-,12+/m1/s1. The van der Waals surface area contributed by atoms with Crippen molar-refractivity contribution >= 4 is 15.7 Å². The van der Waals surface area contributed by atoms with Gasteiger partial charge in [-0.25, -0.2) is 13.4 Å². The predicted molar refractivity (Wildman–Crippen MR) is 84.0 cm³/mol. The third kappa shape index (κ3) is 3.16. The van der Waals surface area contributed by atoms with E-state index in [1.807, 2.05) is 0 Å². The van der Waals surface area contributed by atoms with Crippen LogP contribution in [0.2, 0.25) is 0 Å². The molecule has 0 spiro atoms. The monoisotopic (exact) mass is 340 g/mol. The fourth-order valence-corrected chi connectivity index (χ4v) is 5.46. The maximum absolute atomic E-state index is 12.7. The van der Waals surface area contributed by atoms with Gasteiger partial charge in [-0.15, -0.1) is 0 Å². The van der Waals surface area contributed by atoms with Gasteiger partial charge in [0.1, 0.15) is 5.69 Å². The Bertz CT molecular complexity index is 740. The number of aromatic amines is 1. The molecule has 2 atom stereocenters. The van der Waals surface area contributed by atoms with E-state index < -0.39 is 9.84 Å². The quantitative estimate of drug-likeness (QED) is 0.765. The highest BCUT2D eigenvalue weighted by Crippen LogP contribution is 2.27. The van der Waals surface area contributed by atoms with Crippen molar-refractivity contribution in [3.8, 4) is 0 Å². The van der Waals surface area contributed by atoms with Crippen LogP contribution < -0.4 is 5.56 Å².